The Hall–Kier alpha value is -2.43. The van der Waals surface area contributed by atoms with Crippen LogP contribution in [-0.2, 0) is 0 Å². The second kappa shape index (κ2) is 4.44. The third-order valence-electron chi connectivity index (χ3n) is 2.58. The Balaban J connectivity index is 2.53. The van der Waals surface area contributed by atoms with Crippen LogP contribution in [-0.4, -0.2) is 21.7 Å². The molecule has 92 valence electrons. The summed E-state index contributed by atoms with van der Waals surface area (Å²) in [5, 5.41) is 15.0. The van der Waals surface area contributed by atoms with Gasteiger partial charge in [0.05, 0.1) is 17.2 Å². The number of benzene rings is 1. The molecule has 2 aromatic rings. The highest BCUT2D eigenvalue weighted by Gasteiger charge is 2.16. The first-order chi connectivity index (χ1) is 8.50. The fourth-order valence-corrected chi connectivity index (χ4v) is 1.80. The minimum absolute atomic E-state index is 0.0729. The number of hydrogen-bond donors (Lipinski definition) is 0. The van der Waals surface area contributed by atoms with Gasteiger partial charge >= 0.3 is 0 Å². The van der Waals surface area contributed by atoms with Gasteiger partial charge in [0.15, 0.2) is 0 Å². The van der Waals surface area contributed by atoms with Crippen molar-refractivity contribution in [2.45, 2.75) is 13.8 Å². The normalized spacial score (nSPS) is 10.3. The van der Waals surface area contributed by atoms with E-state index in [1.165, 1.54) is 16.8 Å². The summed E-state index contributed by atoms with van der Waals surface area (Å²) in [7, 11) is 0. The Morgan fingerprint density at radius 2 is 1.78 bits per heavy atom. The van der Waals surface area contributed by atoms with Gasteiger partial charge in [0.25, 0.3) is 5.91 Å². The van der Waals surface area contributed by atoms with E-state index in [9.17, 15) is 14.7 Å². The van der Waals surface area contributed by atoms with E-state index in [0.717, 1.165) is 0 Å². The van der Waals surface area contributed by atoms with Gasteiger partial charge in [0.2, 0.25) is 0 Å². The summed E-state index contributed by atoms with van der Waals surface area (Å²) in [4.78, 5) is 23.2. The lowest BCUT2D eigenvalue weighted by Gasteiger charge is -2.09. The molecule has 1 heterocycles. The Kier molecular flexibility index (Phi) is 2.97. The average Bonchev–Trinajstić information content (AvgIpc) is 2.67. The molecule has 0 N–H and O–H groups in total. The van der Waals surface area contributed by atoms with Crippen LogP contribution in [0.1, 0.15) is 32.1 Å². The number of aromatic nitrogens is 2. The van der Waals surface area contributed by atoms with Crippen molar-refractivity contribution in [3.63, 3.8) is 0 Å². The van der Waals surface area contributed by atoms with Crippen LogP contribution in [0.15, 0.2) is 30.3 Å². The topological polar surface area (TPSA) is 75.0 Å². The fourth-order valence-electron chi connectivity index (χ4n) is 1.80. The van der Waals surface area contributed by atoms with Gasteiger partial charge in [-0.3, -0.25) is 4.79 Å². The summed E-state index contributed by atoms with van der Waals surface area (Å²) in [6.45, 7) is 3.50. The third kappa shape index (κ3) is 2.02. The molecule has 1 aromatic heterocycles. The maximum Gasteiger partial charge on any atom is 0.279 e. The number of carbonyl (C=O) groups is 2. The van der Waals surface area contributed by atoms with Crippen LogP contribution >= 0.6 is 0 Å². The molecule has 0 aliphatic rings. The zero-order valence-corrected chi connectivity index (χ0v) is 10.0. The quantitative estimate of drug-likeness (QED) is 0.772. The zero-order chi connectivity index (χ0) is 13.3. The minimum atomic E-state index is -1.37. The van der Waals surface area contributed by atoms with Crippen LogP contribution in [0.25, 0.3) is 0 Å². The van der Waals surface area contributed by atoms with E-state index < -0.39 is 11.9 Å². The van der Waals surface area contributed by atoms with Crippen LogP contribution in [0, 0.1) is 13.8 Å². The van der Waals surface area contributed by atoms with Gasteiger partial charge in [-0.05, 0) is 26.0 Å². The summed E-state index contributed by atoms with van der Waals surface area (Å²) in [5.74, 6) is -1.85. The molecule has 0 bridgehead atoms. The van der Waals surface area contributed by atoms with Crippen molar-refractivity contribution < 1.29 is 14.7 Å². The van der Waals surface area contributed by atoms with E-state index in [4.69, 9.17) is 0 Å². The van der Waals surface area contributed by atoms with E-state index in [0.29, 0.717) is 11.4 Å². The SMILES string of the molecule is Cc1cc(C)n(C(=O)c2ccccc2C(=O)[O-])n1. The van der Waals surface area contributed by atoms with Gasteiger partial charge in [-0.2, -0.15) is 5.10 Å². The lowest BCUT2D eigenvalue weighted by molar-refractivity contribution is -0.255. The smallest absolute Gasteiger partial charge is 0.279 e. The number of carboxylic acids is 1. The number of aryl methyl sites for hydroxylation is 2. The van der Waals surface area contributed by atoms with Crippen LogP contribution in [0.2, 0.25) is 0 Å². The number of nitrogens with zero attached hydrogens (tertiary/aromatic N) is 2. The largest absolute Gasteiger partial charge is 0.545 e. The summed E-state index contributed by atoms with van der Waals surface area (Å²) in [6, 6.07) is 7.69. The maximum absolute atomic E-state index is 12.2. The molecule has 0 radical (unpaired) electrons. The standard InChI is InChI=1S/C13H12N2O3/c1-8-7-9(2)15(14-8)12(16)10-5-3-4-6-11(10)13(17)18/h3-7H,1-2H3,(H,17,18)/p-1. The van der Waals surface area contributed by atoms with Gasteiger partial charge in [0.1, 0.15) is 0 Å². The van der Waals surface area contributed by atoms with Crippen molar-refractivity contribution in [1.29, 1.82) is 0 Å². The van der Waals surface area contributed by atoms with Crippen molar-refractivity contribution in [1.82, 2.24) is 9.78 Å². The summed E-state index contributed by atoms with van der Waals surface area (Å²) in [5.41, 5.74) is 1.30. The van der Waals surface area contributed by atoms with Crippen LogP contribution < -0.4 is 5.11 Å². The third-order valence-corrected chi connectivity index (χ3v) is 2.58. The molecule has 2 rings (SSSR count). The first kappa shape index (κ1) is 12.0. The minimum Gasteiger partial charge on any atom is -0.545 e. The van der Waals surface area contributed by atoms with Crippen molar-refractivity contribution in [3.05, 3.63) is 52.8 Å². The summed E-state index contributed by atoms with van der Waals surface area (Å²) in [6.07, 6.45) is 0. The molecule has 0 fully saturated rings. The van der Waals surface area contributed by atoms with E-state index in [2.05, 4.69) is 5.10 Å². The van der Waals surface area contributed by atoms with Gasteiger partial charge in [0, 0.05) is 11.3 Å². The molecule has 0 atom stereocenters. The molecule has 0 unspecified atom stereocenters. The van der Waals surface area contributed by atoms with E-state index in [1.807, 2.05) is 0 Å². The van der Waals surface area contributed by atoms with Crippen molar-refractivity contribution in [2.75, 3.05) is 0 Å². The molecule has 0 saturated carbocycles. The van der Waals surface area contributed by atoms with Gasteiger partial charge in [-0.25, -0.2) is 4.68 Å². The molecule has 0 amide bonds. The number of carbonyl (C=O) groups excluding carboxylic acids is 2. The number of rotatable bonds is 2. The number of aromatic carboxylic acids is 1. The van der Waals surface area contributed by atoms with Gasteiger partial charge in [-0.15, -0.1) is 0 Å². The van der Waals surface area contributed by atoms with Crippen LogP contribution in [0.4, 0.5) is 0 Å². The molecule has 18 heavy (non-hydrogen) atoms. The van der Waals surface area contributed by atoms with Crippen molar-refractivity contribution >= 4 is 11.9 Å². The highest BCUT2D eigenvalue weighted by molar-refractivity contribution is 6.05. The summed E-state index contributed by atoms with van der Waals surface area (Å²) < 4.78 is 1.19. The molecule has 0 aliphatic carbocycles. The number of hydrogen-bond acceptors (Lipinski definition) is 4. The highest BCUT2D eigenvalue weighted by atomic mass is 16.4. The summed E-state index contributed by atoms with van der Waals surface area (Å²) >= 11 is 0. The molecule has 0 saturated heterocycles. The van der Waals surface area contributed by atoms with Gasteiger partial charge < -0.3 is 9.90 Å². The van der Waals surface area contributed by atoms with E-state index >= 15 is 0 Å². The van der Waals surface area contributed by atoms with Crippen molar-refractivity contribution in [2.24, 2.45) is 0 Å². The molecule has 0 aliphatic heterocycles. The Labute approximate surface area is 104 Å². The highest BCUT2D eigenvalue weighted by Crippen LogP contribution is 2.12. The zero-order valence-electron chi connectivity index (χ0n) is 10.0. The number of carboxylic acid groups (broad SMARTS) is 1. The molecule has 0 spiro atoms. The second-order valence-corrected chi connectivity index (χ2v) is 3.98. The van der Waals surface area contributed by atoms with Crippen LogP contribution in [0.5, 0.6) is 0 Å². The lowest BCUT2D eigenvalue weighted by Crippen LogP contribution is -2.27. The molecule has 1 aromatic carbocycles. The second-order valence-electron chi connectivity index (χ2n) is 3.98. The van der Waals surface area contributed by atoms with Crippen molar-refractivity contribution in [3.8, 4) is 0 Å². The Morgan fingerprint density at radius 1 is 1.17 bits per heavy atom. The molecular formula is C13H11N2O3-. The van der Waals surface area contributed by atoms with E-state index in [-0.39, 0.29) is 11.1 Å². The predicted molar refractivity (Wildman–Crippen MR) is 62.2 cm³/mol. The van der Waals surface area contributed by atoms with Crippen LogP contribution in [0.3, 0.4) is 0 Å². The monoisotopic (exact) mass is 243 g/mol. The molecule has 5 nitrogen and oxygen atoms in total. The van der Waals surface area contributed by atoms with E-state index in [1.54, 1.807) is 32.0 Å². The predicted octanol–water partition coefficient (Wildman–Crippen LogP) is 0.552. The lowest BCUT2D eigenvalue weighted by atomic mass is 10.1. The first-order valence-electron chi connectivity index (χ1n) is 5.39. The fraction of sp³-hybridized carbons (Fsp3) is 0.154. The Bertz CT molecular complexity index is 629. The van der Waals surface area contributed by atoms with Gasteiger partial charge in [-0.1, -0.05) is 18.2 Å². The molecule has 5 heteroatoms. The molecular weight excluding hydrogens is 232 g/mol. The average molecular weight is 243 g/mol. The Morgan fingerprint density at radius 3 is 2.28 bits per heavy atom. The maximum atomic E-state index is 12.2. The first-order valence-corrected chi connectivity index (χ1v) is 5.39.